The molecule has 0 amide bonds. The van der Waals surface area contributed by atoms with Gasteiger partial charge in [-0.1, -0.05) is 18.2 Å². The van der Waals surface area contributed by atoms with Crippen LogP contribution < -0.4 is 10.5 Å². The number of nitrogens with two attached hydrogens (primary N) is 1. The topological polar surface area (TPSA) is 35.2 Å². The molecule has 2 N–H and O–H groups in total. The molecule has 1 aromatic heterocycles. The number of hydrogen-bond acceptors (Lipinski definition) is 3. The molecule has 20 heavy (non-hydrogen) atoms. The van der Waals surface area contributed by atoms with Crippen LogP contribution in [0.15, 0.2) is 37.9 Å². The van der Waals surface area contributed by atoms with E-state index in [2.05, 4.69) is 36.6 Å². The molecule has 1 heterocycles. The first-order valence-corrected chi connectivity index (χ1v) is 7.73. The number of hydrogen-bond donors (Lipinski definition) is 1. The van der Waals surface area contributed by atoms with Gasteiger partial charge in [0.05, 0.1) is 13.6 Å². The van der Waals surface area contributed by atoms with Crippen LogP contribution in [-0.4, -0.2) is 6.36 Å². The third-order valence-electron chi connectivity index (χ3n) is 2.50. The van der Waals surface area contributed by atoms with Crippen molar-refractivity contribution in [2.45, 2.75) is 12.4 Å². The summed E-state index contributed by atoms with van der Waals surface area (Å²) in [5, 5.41) is 0. The maximum absolute atomic E-state index is 12.4. The van der Waals surface area contributed by atoms with Crippen LogP contribution in [0.4, 0.5) is 13.2 Å². The molecule has 0 radical (unpaired) electrons. The predicted octanol–water partition coefficient (Wildman–Crippen LogP) is 5.22. The lowest BCUT2D eigenvalue weighted by Crippen LogP contribution is -2.20. The lowest BCUT2D eigenvalue weighted by Gasteiger charge is -2.17. The zero-order valence-electron chi connectivity index (χ0n) is 9.75. The van der Waals surface area contributed by atoms with Gasteiger partial charge in [0, 0.05) is 5.56 Å². The summed E-state index contributed by atoms with van der Waals surface area (Å²) in [5.41, 5.74) is 7.03. The van der Waals surface area contributed by atoms with Crippen molar-refractivity contribution < 1.29 is 17.9 Å². The molecule has 0 aliphatic heterocycles. The number of ether oxygens (including phenoxy) is 1. The normalized spacial score (nSPS) is 13.3. The van der Waals surface area contributed by atoms with E-state index in [0.29, 0.717) is 5.56 Å². The summed E-state index contributed by atoms with van der Waals surface area (Å²) in [7, 11) is 0. The van der Waals surface area contributed by atoms with Crippen molar-refractivity contribution >= 4 is 43.2 Å². The van der Waals surface area contributed by atoms with E-state index in [1.165, 1.54) is 29.5 Å². The zero-order valence-corrected chi connectivity index (χ0v) is 13.7. The summed E-state index contributed by atoms with van der Waals surface area (Å²) in [6.45, 7) is 0. The van der Waals surface area contributed by atoms with Gasteiger partial charge in [-0.15, -0.1) is 24.5 Å². The van der Waals surface area contributed by atoms with E-state index in [1.54, 1.807) is 12.1 Å². The molecule has 1 unspecified atom stereocenters. The van der Waals surface area contributed by atoms with E-state index < -0.39 is 12.4 Å². The Hall–Kier alpha value is -0.570. The highest BCUT2D eigenvalue weighted by atomic mass is 79.9. The Morgan fingerprint density at radius 1 is 1.15 bits per heavy atom. The lowest BCUT2D eigenvalue weighted by atomic mass is 10.0. The molecule has 108 valence electrons. The Morgan fingerprint density at radius 2 is 1.80 bits per heavy atom. The maximum atomic E-state index is 12.4. The second kappa shape index (κ2) is 6.05. The second-order valence-corrected chi connectivity index (χ2v) is 7.59. The van der Waals surface area contributed by atoms with Crippen molar-refractivity contribution in [2.24, 2.45) is 5.73 Å². The van der Waals surface area contributed by atoms with Crippen LogP contribution in [0.2, 0.25) is 0 Å². The highest BCUT2D eigenvalue weighted by Crippen LogP contribution is 2.39. The van der Waals surface area contributed by atoms with Crippen LogP contribution in [0.25, 0.3) is 0 Å². The Kier molecular flexibility index (Phi) is 4.78. The van der Waals surface area contributed by atoms with Crippen molar-refractivity contribution in [1.29, 1.82) is 0 Å². The third-order valence-corrected chi connectivity index (χ3v) is 4.88. The smallest absolute Gasteiger partial charge is 0.405 e. The Bertz CT molecular complexity index is 615. The molecule has 0 saturated heterocycles. The number of halogens is 5. The van der Waals surface area contributed by atoms with Gasteiger partial charge in [-0.2, -0.15) is 0 Å². The number of para-hydroxylation sites is 1. The standard InChI is InChI=1S/C12H8Br2F3NOS/c13-9-5-7(11(14)20-9)10(18)6-3-1-2-4-8(6)19-12(15,16)17/h1-5,10H,18H2. The average Bonchev–Trinajstić information content (AvgIpc) is 2.66. The molecular formula is C12H8Br2F3NOS. The largest absolute Gasteiger partial charge is 0.573 e. The van der Waals surface area contributed by atoms with Crippen LogP contribution in [0, 0.1) is 0 Å². The minimum absolute atomic E-state index is 0.274. The quantitative estimate of drug-likeness (QED) is 0.724. The number of alkyl halides is 3. The summed E-state index contributed by atoms with van der Waals surface area (Å²) >= 11 is 8.06. The Labute approximate surface area is 134 Å². The fourth-order valence-corrected chi connectivity index (χ4v) is 4.62. The first-order valence-electron chi connectivity index (χ1n) is 5.33. The van der Waals surface area contributed by atoms with E-state index in [0.717, 1.165) is 7.57 Å². The van der Waals surface area contributed by atoms with Crippen molar-refractivity contribution in [3.8, 4) is 5.75 Å². The molecule has 1 aromatic carbocycles. The molecule has 0 aliphatic rings. The second-order valence-electron chi connectivity index (χ2n) is 3.84. The molecular weight excluding hydrogens is 423 g/mol. The minimum atomic E-state index is -4.75. The van der Waals surface area contributed by atoms with Gasteiger partial charge in [0.2, 0.25) is 0 Å². The minimum Gasteiger partial charge on any atom is -0.405 e. The molecule has 8 heteroatoms. The SMILES string of the molecule is NC(c1ccccc1OC(F)(F)F)c1cc(Br)sc1Br. The summed E-state index contributed by atoms with van der Waals surface area (Å²) < 4.78 is 42.8. The average molecular weight is 431 g/mol. The van der Waals surface area contributed by atoms with E-state index in [9.17, 15) is 13.2 Å². The first kappa shape index (κ1) is 15.8. The molecule has 2 aromatic rings. The Balaban J connectivity index is 2.40. The molecule has 0 bridgehead atoms. The molecule has 0 saturated carbocycles. The monoisotopic (exact) mass is 429 g/mol. The van der Waals surface area contributed by atoms with Crippen molar-refractivity contribution in [3.63, 3.8) is 0 Å². The van der Waals surface area contributed by atoms with Gasteiger partial charge in [0.15, 0.2) is 0 Å². The van der Waals surface area contributed by atoms with Crippen LogP contribution in [0.5, 0.6) is 5.75 Å². The third kappa shape index (κ3) is 3.75. The van der Waals surface area contributed by atoms with Gasteiger partial charge in [-0.25, -0.2) is 0 Å². The summed E-state index contributed by atoms with van der Waals surface area (Å²) in [6, 6.07) is 6.90. The summed E-state index contributed by atoms with van der Waals surface area (Å²) in [4.78, 5) is 0. The zero-order chi connectivity index (χ0) is 14.9. The van der Waals surface area contributed by atoms with Crippen LogP contribution in [-0.2, 0) is 0 Å². The van der Waals surface area contributed by atoms with E-state index >= 15 is 0 Å². The van der Waals surface area contributed by atoms with Crippen molar-refractivity contribution in [3.05, 3.63) is 49.0 Å². The molecule has 0 aliphatic carbocycles. The summed E-state index contributed by atoms with van der Waals surface area (Å²) in [6.07, 6.45) is -4.75. The number of thiophene rings is 1. The van der Waals surface area contributed by atoms with Gasteiger partial charge in [-0.3, -0.25) is 0 Å². The molecule has 2 nitrogen and oxygen atoms in total. The molecule has 0 fully saturated rings. The van der Waals surface area contributed by atoms with Gasteiger partial charge in [-0.05, 0) is 49.6 Å². The fraction of sp³-hybridized carbons (Fsp3) is 0.167. The lowest BCUT2D eigenvalue weighted by molar-refractivity contribution is -0.274. The van der Waals surface area contributed by atoms with Crippen molar-refractivity contribution in [1.82, 2.24) is 0 Å². The maximum Gasteiger partial charge on any atom is 0.573 e. The van der Waals surface area contributed by atoms with E-state index in [-0.39, 0.29) is 11.3 Å². The molecule has 2 rings (SSSR count). The van der Waals surface area contributed by atoms with Gasteiger partial charge < -0.3 is 10.5 Å². The fourth-order valence-electron chi connectivity index (χ4n) is 1.69. The number of rotatable bonds is 3. The highest BCUT2D eigenvalue weighted by Gasteiger charge is 2.33. The van der Waals surface area contributed by atoms with Gasteiger partial charge >= 0.3 is 6.36 Å². The molecule has 1 atom stereocenters. The highest BCUT2D eigenvalue weighted by molar-refractivity contribution is 9.12. The Morgan fingerprint density at radius 3 is 2.35 bits per heavy atom. The first-order chi connectivity index (χ1) is 9.28. The molecule has 0 spiro atoms. The van der Waals surface area contributed by atoms with Gasteiger partial charge in [0.25, 0.3) is 0 Å². The van der Waals surface area contributed by atoms with Crippen LogP contribution >= 0.6 is 43.2 Å². The van der Waals surface area contributed by atoms with Crippen LogP contribution in [0.3, 0.4) is 0 Å². The van der Waals surface area contributed by atoms with E-state index in [4.69, 9.17) is 5.73 Å². The van der Waals surface area contributed by atoms with E-state index in [1.807, 2.05) is 0 Å². The van der Waals surface area contributed by atoms with Crippen molar-refractivity contribution in [2.75, 3.05) is 0 Å². The summed E-state index contributed by atoms with van der Waals surface area (Å²) in [5.74, 6) is -0.290. The predicted molar refractivity (Wildman–Crippen MR) is 78.9 cm³/mol. The van der Waals surface area contributed by atoms with Crippen LogP contribution in [0.1, 0.15) is 17.2 Å². The van der Waals surface area contributed by atoms with Gasteiger partial charge in [0.1, 0.15) is 5.75 Å². The number of benzene rings is 1.